The van der Waals surface area contributed by atoms with Crippen LogP contribution < -0.4 is 18.9 Å². The second kappa shape index (κ2) is 15.4. The number of nitrogens with one attached hydrogen (secondary N) is 2. The van der Waals surface area contributed by atoms with Crippen molar-refractivity contribution in [1.29, 1.82) is 0 Å². The van der Waals surface area contributed by atoms with Gasteiger partial charge in [-0.2, -0.15) is 0 Å². The van der Waals surface area contributed by atoms with Crippen LogP contribution in [0.5, 0.6) is 23.0 Å². The van der Waals surface area contributed by atoms with Gasteiger partial charge in [-0.25, -0.2) is 4.79 Å². The summed E-state index contributed by atoms with van der Waals surface area (Å²) in [6, 6.07) is 19.7. The molecule has 2 aromatic heterocycles. The van der Waals surface area contributed by atoms with Crippen LogP contribution in [0.4, 0.5) is 0 Å². The number of carbonyl (C=O) groups excluding carboxylic acids is 2. The van der Waals surface area contributed by atoms with Gasteiger partial charge >= 0.3 is 11.9 Å². The largest absolute Gasteiger partial charge is 0.497 e. The molecule has 1 saturated carbocycles. The number of aromatic amines is 2. The van der Waals surface area contributed by atoms with Crippen molar-refractivity contribution in [3.8, 4) is 23.0 Å². The first-order valence-electron chi connectivity index (χ1n) is 17.9. The van der Waals surface area contributed by atoms with Crippen molar-refractivity contribution in [3.63, 3.8) is 0 Å². The number of fused-ring (bicyclic) bond motifs is 7. The first-order valence-corrected chi connectivity index (χ1v) is 17.9. The Hall–Kier alpha value is -5.20. The molecule has 1 aliphatic carbocycles. The second-order valence-corrected chi connectivity index (χ2v) is 13.8. The van der Waals surface area contributed by atoms with Crippen molar-refractivity contribution >= 4 is 33.7 Å². The van der Waals surface area contributed by atoms with Gasteiger partial charge in [-0.1, -0.05) is 18.2 Å². The molecule has 0 spiro atoms. The normalized spacial score (nSPS) is 23.4. The average Bonchev–Trinajstić information content (AvgIpc) is 3.83. The predicted molar refractivity (Wildman–Crippen MR) is 199 cm³/mol. The molecule has 3 aliphatic rings. The number of benzene rings is 3. The molecule has 12 heteroatoms. The molecule has 2 aliphatic heterocycles. The fraction of sp³-hybridized carbons (Fsp3) is 0.415. The van der Waals surface area contributed by atoms with Crippen LogP contribution in [0.2, 0.25) is 0 Å². The highest BCUT2D eigenvalue weighted by Gasteiger charge is 2.54. The summed E-state index contributed by atoms with van der Waals surface area (Å²) in [6.45, 7) is 1.68. The molecule has 4 heterocycles. The quantitative estimate of drug-likeness (QED) is 0.175. The van der Waals surface area contributed by atoms with Gasteiger partial charge in [0.25, 0.3) is 0 Å². The summed E-state index contributed by atoms with van der Waals surface area (Å²) in [5, 5.41) is 2.49. The zero-order chi connectivity index (χ0) is 37.2. The molecule has 5 aromatic rings. The molecular formula is C41H47N3O9. The molecule has 3 aromatic carbocycles. The number of esters is 2. The van der Waals surface area contributed by atoms with Crippen LogP contribution in [0.15, 0.2) is 66.9 Å². The maximum absolute atomic E-state index is 13.5. The number of carbonyl (C=O) groups is 2. The van der Waals surface area contributed by atoms with E-state index in [9.17, 15) is 9.59 Å². The van der Waals surface area contributed by atoms with E-state index in [4.69, 9.17) is 33.2 Å². The molecule has 0 bridgehead atoms. The van der Waals surface area contributed by atoms with Crippen LogP contribution in [0.3, 0.4) is 0 Å². The van der Waals surface area contributed by atoms with E-state index in [1.54, 1.807) is 26.4 Å². The number of aromatic nitrogens is 2. The predicted octanol–water partition coefficient (Wildman–Crippen LogP) is 6.34. The highest BCUT2D eigenvalue weighted by molar-refractivity contribution is 5.91. The Morgan fingerprint density at radius 1 is 0.830 bits per heavy atom. The van der Waals surface area contributed by atoms with Gasteiger partial charge in [-0.3, -0.25) is 9.69 Å². The third-order valence-electron chi connectivity index (χ3n) is 11.2. The molecule has 0 unspecified atom stereocenters. The lowest BCUT2D eigenvalue weighted by molar-refractivity contribution is -0.176. The lowest BCUT2D eigenvalue weighted by Gasteiger charge is -2.52. The van der Waals surface area contributed by atoms with Gasteiger partial charge in [0, 0.05) is 54.6 Å². The summed E-state index contributed by atoms with van der Waals surface area (Å²) < 4.78 is 39.1. The maximum Gasteiger partial charge on any atom is 0.338 e. The van der Waals surface area contributed by atoms with Crippen LogP contribution in [-0.2, 0) is 25.4 Å². The van der Waals surface area contributed by atoms with Crippen LogP contribution in [0.25, 0.3) is 21.8 Å². The molecular weight excluding hydrogens is 678 g/mol. The Morgan fingerprint density at radius 3 is 2.28 bits per heavy atom. The zero-order valence-electron chi connectivity index (χ0n) is 31.0. The molecule has 280 valence electrons. The summed E-state index contributed by atoms with van der Waals surface area (Å²) in [6.07, 6.45) is 2.87. The SMILES string of the molecule is COC(=O)[C@H]1[C@H]2C[C@@H]3c4[nH]c5cc(OC)ccc5c4CCN3C[C@H]2C[C@@H](OC(=O)c2cc(OC)c(OC)c(OC)c2)[C@@H]1OC.c1ccc2[nH]ccc2c1. The van der Waals surface area contributed by atoms with E-state index >= 15 is 0 Å². The van der Waals surface area contributed by atoms with E-state index in [-0.39, 0.29) is 29.4 Å². The minimum Gasteiger partial charge on any atom is -0.497 e. The van der Waals surface area contributed by atoms with Crippen LogP contribution in [0.1, 0.15) is 40.5 Å². The number of rotatable bonds is 8. The molecule has 6 atom stereocenters. The Morgan fingerprint density at radius 2 is 1.60 bits per heavy atom. The fourth-order valence-corrected chi connectivity index (χ4v) is 8.76. The third kappa shape index (κ3) is 6.77. The van der Waals surface area contributed by atoms with Crippen LogP contribution in [0, 0.1) is 17.8 Å². The van der Waals surface area contributed by atoms with Crippen molar-refractivity contribution in [3.05, 3.63) is 83.7 Å². The van der Waals surface area contributed by atoms with Gasteiger partial charge in [0.15, 0.2) is 11.5 Å². The van der Waals surface area contributed by atoms with Crippen molar-refractivity contribution in [2.75, 3.05) is 55.7 Å². The Balaban J connectivity index is 0.000000418. The molecule has 12 nitrogen and oxygen atoms in total. The number of H-pyrrole nitrogens is 2. The summed E-state index contributed by atoms with van der Waals surface area (Å²) in [4.78, 5) is 36.3. The van der Waals surface area contributed by atoms with Gasteiger partial charge < -0.3 is 43.1 Å². The summed E-state index contributed by atoms with van der Waals surface area (Å²) in [5.41, 5.74) is 5.03. The summed E-state index contributed by atoms with van der Waals surface area (Å²) in [5.74, 6) is 0.441. The summed E-state index contributed by atoms with van der Waals surface area (Å²) in [7, 11) is 9.10. The van der Waals surface area contributed by atoms with Gasteiger partial charge in [0.2, 0.25) is 5.75 Å². The Kier molecular flexibility index (Phi) is 10.5. The topological polar surface area (TPSA) is 134 Å². The van der Waals surface area contributed by atoms with Crippen molar-refractivity contribution in [2.45, 2.75) is 37.5 Å². The molecule has 1 saturated heterocycles. The highest BCUT2D eigenvalue weighted by atomic mass is 16.6. The van der Waals surface area contributed by atoms with E-state index in [2.05, 4.69) is 39.1 Å². The van der Waals surface area contributed by atoms with Gasteiger partial charge in [0.05, 0.1) is 53.1 Å². The first-order chi connectivity index (χ1) is 25.8. The highest BCUT2D eigenvalue weighted by Crippen LogP contribution is 2.51. The van der Waals surface area contributed by atoms with Crippen molar-refractivity contribution in [2.24, 2.45) is 17.8 Å². The zero-order valence-corrected chi connectivity index (χ0v) is 31.0. The number of piperidine rings is 1. The number of ether oxygens (including phenoxy) is 7. The Labute approximate surface area is 308 Å². The van der Waals surface area contributed by atoms with Gasteiger partial charge in [-0.15, -0.1) is 0 Å². The second-order valence-electron chi connectivity index (χ2n) is 13.8. The average molecular weight is 726 g/mol. The van der Waals surface area contributed by atoms with E-state index in [1.807, 2.05) is 30.5 Å². The number of hydrogen-bond acceptors (Lipinski definition) is 10. The van der Waals surface area contributed by atoms with Gasteiger partial charge in [-0.05, 0) is 78.4 Å². The molecule has 8 rings (SSSR count). The molecule has 0 radical (unpaired) electrons. The summed E-state index contributed by atoms with van der Waals surface area (Å²) >= 11 is 0. The van der Waals surface area contributed by atoms with Crippen molar-refractivity contribution in [1.82, 2.24) is 14.9 Å². The van der Waals surface area contributed by atoms with Crippen LogP contribution >= 0.6 is 0 Å². The van der Waals surface area contributed by atoms with E-state index < -0.39 is 24.1 Å². The maximum atomic E-state index is 13.5. The standard InChI is InChI=1S/C33H40N2O9.C8H7N/c1-38-19-7-8-20-21-9-10-35-16-18-13-27(44-32(36)17-11-25(39-2)30(41-4)26(12-17)40-3)31(42-5)28(33(37)43-6)22(18)15-24(35)29(21)34-23(20)14-19;1-2-4-8-7(3-1)5-6-9-8/h7-8,11-12,14,18,22,24,27-28,31,34H,9-10,13,15-16H2,1-6H3;1-6,9H/t18-,22+,24-,27-,28+,31+;/m1./s1. The van der Waals surface area contributed by atoms with E-state index in [0.717, 1.165) is 37.2 Å². The molecule has 53 heavy (non-hydrogen) atoms. The Bertz CT molecular complexity index is 2030. The fourth-order valence-electron chi connectivity index (χ4n) is 8.76. The minimum absolute atomic E-state index is 0.0170. The van der Waals surface area contributed by atoms with E-state index in [0.29, 0.717) is 23.7 Å². The number of para-hydroxylation sites is 1. The van der Waals surface area contributed by atoms with Crippen molar-refractivity contribution < 1.29 is 42.7 Å². The van der Waals surface area contributed by atoms with E-state index in [1.165, 1.54) is 56.0 Å². The third-order valence-corrected chi connectivity index (χ3v) is 11.2. The lowest BCUT2D eigenvalue weighted by atomic mass is 9.63. The van der Waals surface area contributed by atoms with Crippen LogP contribution in [-0.4, -0.2) is 94.8 Å². The number of hydrogen-bond donors (Lipinski definition) is 2. The minimum atomic E-state index is -0.670. The number of methoxy groups -OCH3 is 6. The number of nitrogens with zero attached hydrogens (tertiary/aromatic N) is 1. The monoisotopic (exact) mass is 725 g/mol. The first kappa shape index (κ1) is 36.2. The molecule has 0 amide bonds. The van der Waals surface area contributed by atoms with Gasteiger partial charge in [0.1, 0.15) is 18.0 Å². The molecule has 2 N–H and O–H groups in total. The lowest BCUT2D eigenvalue weighted by Crippen LogP contribution is -2.58. The smallest absolute Gasteiger partial charge is 0.338 e. The molecule has 2 fully saturated rings.